The van der Waals surface area contributed by atoms with E-state index in [0.29, 0.717) is 18.9 Å². The minimum atomic E-state index is 0.233. The number of rotatable bonds is 4. The fraction of sp³-hybridized carbons (Fsp3) is 0.556. The Bertz CT molecular complexity index is 714. The van der Waals surface area contributed by atoms with Gasteiger partial charge in [0, 0.05) is 49.9 Å². The number of aryl methyl sites for hydroxylation is 1. The maximum absolute atomic E-state index is 12.8. The maximum atomic E-state index is 12.8. The van der Waals surface area contributed by atoms with Gasteiger partial charge < -0.3 is 14.2 Å². The first-order chi connectivity index (χ1) is 12.2. The Morgan fingerprint density at radius 2 is 2.28 bits per heavy atom. The summed E-state index contributed by atoms with van der Waals surface area (Å²) in [4.78, 5) is 22.9. The number of carbonyl (C=O) groups excluding carboxylic acids is 1. The largest absolute Gasteiger partial charge is 0.379 e. The fourth-order valence-electron chi connectivity index (χ4n) is 3.73. The van der Waals surface area contributed by atoms with Crippen LogP contribution in [0.2, 0.25) is 0 Å². The van der Waals surface area contributed by atoms with E-state index < -0.39 is 0 Å². The molecule has 2 saturated heterocycles. The van der Waals surface area contributed by atoms with Crippen LogP contribution in [0.25, 0.3) is 0 Å². The zero-order valence-electron chi connectivity index (χ0n) is 14.5. The average Bonchev–Trinajstić information content (AvgIpc) is 3.12. The first kappa shape index (κ1) is 16.8. The van der Waals surface area contributed by atoms with Crippen LogP contribution in [0.1, 0.15) is 10.7 Å². The first-order valence-corrected chi connectivity index (χ1v) is 9.65. The van der Waals surface area contributed by atoms with Crippen molar-refractivity contribution in [1.82, 2.24) is 19.4 Å². The van der Waals surface area contributed by atoms with Crippen molar-refractivity contribution in [3.63, 3.8) is 0 Å². The summed E-state index contributed by atoms with van der Waals surface area (Å²) in [6, 6.07) is 4.28. The molecule has 0 radical (unpaired) electrons. The summed E-state index contributed by atoms with van der Waals surface area (Å²) in [5.41, 5.74) is 0. The van der Waals surface area contributed by atoms with Crippen LogP contribution in [-0.2, 0) is 29.5 Å². The van der Waals surface area contributed by atoms with E-state index in [1.165, 1.54) is 0 Å². The molecule has 2 fully saturated rings. The van der Waals surface area contributed by atoms with Crippen molar-refractivity contribution in [2.75, 3.05) is 32.8 Å². The van der Waals surface area contributed by atoms with E-state index in [1.807, 2.05) is 37.0 Å². The summed E-state index contributed by atoms with van der Waals surface area (Å²) in [5.74, 6) is 1.65. The lowest BCUT2D eigenvalue weighted by molar-refractivity contribution is -0.132. The summed E-state index contributed by atoms with van der Waals surface area (Å²) in [6.07, 6.45) is 4.33. The lowest BCUT2D eigenvalue weighted by atomic mass is 10.1. The molecule has 0 N–H and O–H groups in total. The molecule has 6 nitrogen and oxygen atoms in total. The number of imidazole rings is 1. The van der Waals surface area contributed by atoms with Gasteiger partial charge in [-0.3, -0.25) is 9.69 Å². The van der Waals surface area contributed by atoms with Gasteiger partial charge in [0.1, 0.15) is 5.82 Å². The number of ether oxygens (including phenoxy) is 1. The molecule has 25 heavy (non-hydrogen) atoms. The Hall–Kier alpha value is -1.70. The molecule has 7 heteroatoms. The highest BCUT2D eigenvalue weighted by atomic mass is 32.1. The summed E-state index contributed by atoms with van der Waals surface area (Å²) in [7, 11) is 2.03. The summed E-state index contributed by atoms with van der Waals surface area (Å²) in [6.45, 7) is 4.71. The van der Waals surface area contributed by atoms with Crippen molar-refractivity contribution < 1.29 is 9.53 Å². The van der Waals surface area contributed by atoms with Crippen molar-refractivity contribution in [3.05, 3.63) is 40.6 Å². The zero-order valence-corrected chi connectivity index (χ0v) is 15.3. The standard InChI is InChI=1S/C18H24N4O2S/c1-20-5-4-19-17(20)11-21-8-14-9-22(10-15(21)13-24-12-14)18(23)7-16-3-2-6-25-16/h2-6,14-15H,7-13H2,1H3/t14-,15+/m1/s1. The van der Waals surface area contributed by atoms with E-state index in [0.717, 1.165) is 43.5 Å². The van der Waals surface area contributed by atoms with Crippen LogP contribution in [0, 0.1) is 5.92 Å². The van der Waals surface area contributed by atoms with Crippen LogP contribution < -0.4 is 0 Å². The third-order valence-electron chi connectivity index (χ3n) is 5.11. The molecule has 4 heterocycles. The Balaban J connectivity index is 1.47. The quantitative estimate of drug-likeness (QED) is 0.827. The van der Waals surface area contributed by atoms with E-state index in [4.69, 9.17) is 4.74 Å². The van der Waals surface area contributed by atoms with E-state index in [2.05, 4.69) is 19.4 Å². The Morgan fingerprint density at radius 1 is 1.36 bits per heavy atom. The van der Waals surface area contributed by atoms with Crippen LogP contribution in [0.5, 0.6) is 0 Å². The second kappa shape index (κ2) is 7.27. The van der Waals surface area contributed by atoms with Crippen molar-refractivity contribution in [2.45, 2.75) is 19.0 Å². The molecule has 2 aliphatic heterocycles. The SMILES string of the molecule is Cn1ccnc1CN1C[C@H]2COC[C@@H]1CN(C(=O)Cc1cccs1)C2. The van der Waals surface area contributed by atoms with Gasteiger partial charge in [0.2, 0.25) is 5.91 Å². The Kier molecular flexibility index (Phi) is 4.87. The Labute approximate surface area is 152 Å². The molecule has 4 rings (SSSR count). The smallest absolute Gasteiger partial charge is 0.227 e. The van der Waals surface area contributed by atoms with Gasteiger partial charge in [-0.25, -0.2) is 4.98 Å². The maximum Gasteiger partial charge on any atom is 0.227 e. The molecule has 1 amide bonds. The number of hydrogen-bond donors (Lipinski definition) is 0. The molecule has 0 aromatic carbocycles. The second-order valence-electron chi connectivity index (χ2n) is 7.00. The van der Waals surface area contributed by atoms with Gasteiger partial charge in [0.25, 0.3) is 0 Å². The number of thiophene rings is 1. The van der Waals surface area contributed by atoms with Crippen LogP contribution in [0.3, 0.4) is 0 Å². The van der Waals surface area contributed by atoms with Crippen LogP contribution in [0.4, 0.5) is 0 Å². The monoisotopic (exact) mass is 360 g/mol. The molecule has 2 atom stereocenters. The molecular weight excluding hydrogens is 336 g/mol. The third kappa shape index (κ3) is 3.78. The zero-order chi connectivity index (χ0) is 17.2. The molecule has 2 aromatic heterocycles. The number of aromatic nitrogens is 2. The van der Waals surface area contributed by atoms with Crippen LogP contribution >= 0.6 is 11.3 Å². The highest BCUT2D eigenvalue weighted by Gasteiger charge is 2.35. The minimum absolute atomic E-state index is 0.233. The molecular formula is C18H24N4O2S. The summed E-state index contributed by atoms with van der Waals surface area (Å²) < 4.78 is 7.94. The predicted molar refractivity (Wildman–Crippen MR) is 96.3 cm³/mol. The van der Waals surface area contributed by atoms with Crippen molar-refractivity contribution in [2.24, 2.45) is 13.0 Å². The molecule has 0 unspecified atom stereocenters. The third-order valence-corrected chi connectivity index (χ3v) is 5.98. The van der Waals surface area contributed by atoms with Gasteiger partial charge in [0.05, 0.1) is 32.2 Å². The molecule has 2 aliphatic rings. The number of hydrogen-bond acceptors (Lipinski definition) is 5. The van der Waals surface area contributed by atoms with Crippen molar-refractivity contribution >= 4 is 17.2 Å². The first-order valence-electron chi connectivity index (χ1n) is 8.77. The number of carbonyl (C=O) groups is 1. The van der Waals surface area contributed by atoms with Gasteiger partial charge in [-0.2, -0.15) is 0 Å². The lowest BCUT2D eigenvalue weighted by Crippen LogP contribution is -2.46. The van der Waals surface area contributed by atoms with E-state index >= 15 is 0 Å². The van der Waals surface area contributed by atoms with Gasteiger partial charge in [0.15, 0.2) is 0 Å². The highest BCUT2D eigenvalue weighted by Crippen LogP contribution is 2.22. The molecule has 134 valence electrons. The second-order valence-corrected chi connectivity index (χ2v) is 8.03. The normalized spacial score (nSPS) is 24.3. The molecule has 0 aliphatic carbocycles. The van der Waals surface area contributed by atoms with Crippen molar-refractivity contribution in [3.8, 4) is 0 Å². The molecule has 2 bridgehead atoms. The number of amides is 1. The highest BCUT2D eigenvalue weighted by molar-refractivity contribution is 7.10. The van der Waals surface area contributed by atoms with Gasteiger partial charge >= 0.3 is 0 Å². The molecule has 0 spiro atoms. The topological polar surface area (TPSA) is 50.6 Å². The predicted octanol–water partition coefficient (Wildman–Crippen LogP) is 1.38. The average molecular weight is 360 g/mol. The van der Waals surface area contributed by atoms with Gasteiger partial charge in [-0.05, 0) is 11.4 Å². The van der Waals surface area contributed by atoms with E-state index in [1.54, 1.807) is 11.3 Å². The van der Waals surface area contributed by atoms with Crippen LogP contribution in [-0.4, -0.2) is 64.1 Å². The number of nitrogens with zero attached hydrogens (tertiary/aromatic N) is 4. The Morgan fingerprint density at radius 3 is 3.04 bits per heavy atom. The molecule has 2 aromatic rings. The van der Waals surface area contributed by atoms with Crippen molar-refractivity contribution in [1.29, 1.82) is 0 Å². The lowest BCUT2D eigenvalue weighted by Gasteiger charge is -2.31. The minimum Gasteiger partial charge on any atom is -0.379 e. The summed E-state index contributed by atoms with van der Waals surface area (Å²) >= 11 is 1.65. The fourth-order valence-corrected chi connectivity index (χ4v) is 4.43. The van der Waals surface area contributed by atoms with Gasteiger partial charge in [-0.15, -0.1) is 11.3 Å². The number of fused-ring (bicyclic) bond motifs is 3. The van der Waals surface area contributed by atoms with E-state index in [9.17, 15) is 4.79 Å². The molecule has 0 saturated carbocycles. The van der Waals surface area contributed by atoms with E-state index in [-0.39, 0.29) is 11.9 Å². The summed E-state index contributed by atoms with van der Waals surface area (Å²) in [5, 5.41) is 2.03. The van der Waals surface area contributed by atoms with Gasteiger partial charge in [-0.1, -0.05) is 6.07 Å². The van der Waals surface area contributed by atoms with Crippen LogP contribution in [0.15, 0.2) is 29.9 Å².